The predicted octanol–water partition coefficient (Wildman–Crippen LogP) is 1.72. The molecule has 2 rings (SSSR count). The Kier molecular flexibility index (Phi) is 2.92. The summed E-state index contributed by atoms with van der Waals surface area (Å²) in [6.07, 6.45) is 2.61. The Hall–Kier alpha value is -1.78. The van der Waals surface area contributed by atoms with E-state index < -0.39 is 17.4 Å². The highest BCUT2D eigenvalue weighted by Gasteiger charge is 2.43. The van der Waals surface area contributed by atoms with Crippen molar-refractivity contribution in [2.24, 2.45) is 0 Å². The van der Waals surface area contributed by atoms with Crippen molar-refractivity contribution in [2.45, 2.75) is 38.1 Å². The van der Waals surface area contributed by atoms with Crippen molar-refractivity contribution in [3.8, 4) is 0 Å². The third-order valence-corrected chi connectivity index (χ3v) is 3.18. The van der Waals surface area contributed by atoms with Gasteiger partial charge in [-0.05, 0) is 31.9 Å². The number of furan rings is 1. The number of carbonyl (C=O) groups excluding carboxylic acids is 1. The molecule has 1 aromatic rings. The zero-order valence-corrected chi connectivity index (χ0v) is 9.66. The van der Waals surface area contributed by atoms with Crippen LogP contribution in [0.15, 0.2) is 16.5 Å². The first-order chi connectivity index (χ1) is 8.03. The minimum absolute atomic E-state index is 0.162. The second-order valence-electron chi connectivity index (χ2n) is 4.46. The molecule has 0 atom stereocenters. The molecule has 0 unspecified atom stereocenters. The van der Waals surface area contributed by atoms with Crippen LogP contribution in [0.1, 0.15) is 42.0 Å². The van der Waals surface area contributed by atoms with Crippen LogP contribution in [0.5, 0.6) is 0 Å². The van der Waals surface area contributed by atoms with Gasteiger partial charge in [-0.1, -0.05) is 12.8 Å². The van der Waals surface area contributed by atoms with E-state index in [4.69, 9.17) is 4.42 Å². The smallest absolute Gasteiger partial charge is 0.329 e. The summed E-state index contributed by atoms with van der Waals surface area (Å²) in [6.45, 7) is 1.74. The summed E-state index contributed by atoms with van der Waals surface area (Å²) in [5.41, 5.74) is -1.11. The molecule has 92 valence electrons. The fraction of sp³-hybridized carbons (Fsp3) is 0.500. The summed E-state index contributed by atoms with van der Waals surface area (Å²) in [5.74, 6) is -0.630. The van der Waals surface area contributed by atoms with Gasteiger partial charge in [0.05, 0.1) is 0 Å². The Labute approximate surface area is 98.8 Å². The summed E-state index contributed by atoms with van der Waals surface area (Å²) in [7, 11) is 0. The van der Waals surface area contributed by atoms with Gasteiger partial charge >= 0.3 is 5.97 Å². The van der Waals surface area contributed by atoms with Gasteiger partial charge in [0.25, 0.3) is 5.91 Å². The summed E-state index contributed by atoms with van der Waals surface area (Å²) < 4.78 is 5.18. The third kappa shape index (κ3) is 2.18. The molecule has 1 saturated carbocycles. The monoisotopic (exact) mass is 237 g/mol. The molecule has 0 saturated heterocycles. The number of nitrogens with one attached hydrogen (secondary N) is 1. The van der Waals surface area contributed by atoms with E-state index >= 15 is 0 Å². The molecule has 0 aliphatic heterocycles. The zero-order valence-electron chi connectivity index (χ0n) is 9.66. The van der Waals surface area contributed by atoms with Crippen molar-refractivity contribution in [3.63, 3.8) is 0 Å². The lowest BCUT2D eigenvalue weighted by Gasteiger charge is -2.24. The molecule has 1 aliphatic rings. The van der Waals surface area contributed by atoms with E-state index in [2.05, 4.69) is 5.32 Å². The first-order valence-electron chi connectivity index (χ1n) is 5.66. The molecule has 0 spiro atoms. The number of carbonyl (C=O) groups is 2. The molecule has 5 nitrogen and oxygen atoms in total. The summed E-state index contributed by atoms with van der Waals surface area (Å²) in [4.78, 5) is 23.1. The van der Waals surface area contributed by atoms with Crippen LogP contribution >= 0.6 is 0 Å². The normalized spacial score (nSPS) is 17.9. The van der Waals surface area contributed by atoms with Crippen LogP contribution in [-0.2, 0) is 4.79 Å². The first kappa shape index (κ1) is 11.7. The molecular weight excluding hydrogens is 222 g/mol. The van der Waals surface area contributed by atoms with E-state index in [1.165, 1.54) is 0 Å². The van der Waals surface area contributed by atoms with E-state index in [1.54, 1.807) is 19.1 Å². The number of aryl methyl sites for hydroxylation is 1. The largest absolute Gasteiger partial charge is 0.480 e. The van der Waals surface area contributed by atoms with Crippen LogP contribution in [-0.4, -0.2) is 22.5 Å². The highest BCUT2D eigenvalue weighted by molar-refractivity contribution is 5.95. The Bertz CT molecular complexity index is 443. The molecule has 17 heavy (non-hydrogen) atoms. The quantitative estimate of drug-likeness (QED) is 0.838. The molecule has 0 radical (unpaired) electrons. The van der Waals surface area contributed by atoms with Crippen LogP contribution in [0.2, 0.25) is 0 Å². The standard InChI is InChI=1S/C12H15NO4/c1-8-4-5-9(17-8)10(14)13-12(11(15)16)6-2-3-7-12/h4-5H,2-3,6-7H2,1H3,(H,13,14)(H,15,16). The highest BCUT2D eigenvalue weighted by atomic mass is 16.4. The van der Waals surface area contributed by atoms with Gasteiger partial charge in [-0.3, -0.25) is 4.79 Å². The fourth-order valence-corrected chi connectivity index (χ4v) is 2.21. The van der Waals surface area contributed by atoms with Crippen molar-refractivity contribution < 1.29 is 19.1 Å². The molecular formula is C12H15NO4. The third-order valence-electron chi connectivity index (χ3n) is 3.18. The lowest BCUT2D eigenvalue weighted by atomic mass is 9.98. The van der Waals surface area contributed by atoms with Crippen LogP contribution in [0.25, 0.3) is 0 Å². The van der Waals surface area contributed by atoms with Gasteiger partial charge in [-0.2, -0.15) is 0 Å². The number of carboxylic acid groups (broad SMARTS) is 1. The summed E-state index contributed by atoms with van der Waals surface area (Å²) >= 11 is 0. The van der Waals surface area contributed by atoms with E-state index in [9.17, 15) is 14.7 Å². The number of hydrogen-bond donors (Lipinski definition) is 2. The van der Waals surface area contributed by atoms with Gasteiger partial charge in [-0.15, -0.1) is 0 Å². The Morgan fingerprint density at radius 3 is 2.47 bits per heavy atom. The minimum Gasteiger partial charge on any atom is -0.480 e. The molecule has 2 N–H and O–H groups in total. The fourth-order valence-electron chi connectivity index (χ4n) is 2.21. The van der Waals surface area contributed by atoms with Crippen molar-refractivity contribution >= 4 is 11.9 Å². The lowest BCUT2D eigenvalue weighted by molar-refractivity contribution is -0.144. The average molecular weight is 237 g/mol. The second kappa shape index (κ2) is 4.24. The summed E-state index contributed by atoms with van der Waals surface area (Å²) in [5, 5.41) is 11.8. The maximum atomic E-state index is 11.9. The number of rotatable bonds is 3. The number of aliphatic carboxylic acids is 1. The van der Waals surface area contributed by atoms with Crippen molar-refractivity contribution in [1.82, 2.24) is 5.32 Å². The Morgan fingerprint density at radius 1 is 1.35 bits per heavy atom. The average Bonchev–Trinajstić information content (AvgIpc) is 2.87. The molecule has 1 fully saturated rings. The molecule has 5 heteroatoms. The van der Waals surface area contributed by atoms with Gasteiger partial charge < -0.3 is 14.8 Å². The van der Waals surface area contributed by atoms with Crippen LogP contribution < -0.4 is 5.32 Å². The van der Waals surface area contributed by atoms with Crippen LogP contribution in [0, 0.1) is 6.92 Å². The molecule has 0 bridgehead atoms. The SMILES string of the molecule is Cc1ccc(C(=O)NC2(C(=O)O)CCCC2)o1. The maximum Gasteiger partial charge on any atom is 0.329 e. The van der Waals surface area contributed by atoms with E-state index in [-0.39, 0.29) is 5.76 Å². The zero-order chi connectivity index (χ0) is 12.5. The predicted molar refractivity (Wildman–Crippen MR) is 59.7 cm³/mol. The van der Waals surface area contributed by atoms with Crippen LogP contribution in [0.3, 0.4) is 0 Å². The van der Waals surface area contributed by atoms with Gasteiger partial charge in [0.15, 0.2) is 5.76 Å². The van der Waals surface area contributed by atoms with Gasteiger partial charge in [-0.25, -0.2) is 4.79 Å². The van der Waals surface area contributed by atoms with E-state index in [0.717, 1.165) is 12.8 Å². The Morgan fingerprint density at radius 2 is 2.00 bits per heavy atom. The first-order valence-corrected chi connectivity index (χ1v) is 5.66. The van der Waals surface area contributed by atoms with Crippen molar-refractivity contribution in [1.29, 1.82) is 0 Å². The second-order valence-corrected chi connectivity index (χ2v) is 4.46. The number of amides is 1. The molecule has 1 amide bonds. The van der Waals surface area contributed by atoms with Crippen molar-refractivity contribution in [2.75, 3.05) is 0 Å². The van der Waals surface area contributed by atoms with E-state index in [1.807, 2.05) is 0 Å². The van der Waals surface area contributed by atoms with Gasteiger partial charge in [0, 0.05) is 0 Å². The van der Waals surface area contributed by atoms with Crippen LogP contribution in [0.4, 0.5) is 0 Å². The molecule has 1 aromatic heterocycles. The number of carboxylic acids is 1. The minimum atomic E-state index is -1.11. The number of hydrogen-bond acceptors (Lipinski definition) is 3. The molecule has 1 aliphatic carbocycles. The van der Waals surface area contributed by atoms with Gasteiger partial charge in [0.2, 0.25) is 0 Å². The maximum absolute atomic E-state index is 11.9. The van der Waals surface area contributed by atoms with E-state index in [0.29, 0.717) is 18.6 Å². The highest BCUT2D eigenvalue weighted by Crippen LogP contribution is 2.30. The molecule has 0 aromatic carbocycles. The van der Waals surface area contributed by atoms with Crippen molar-refractivity contribution in [3.05, 3.63) is 23.7 Å². The topological polar surface area (TPSA) is 79.5 Å². The lowest BCUT2D eigenvalue weighted by Crippen LogP contribution is -2.52. The molecule has 1 heterocycles. The van der Waals surface area contributed by atoms with Gasteiger partial charge in [0.1, 0.15) is 11.3 Å². The summed E-state index contributed by atoms with van der Waals surface area (Å²) in [6, 6.07) is 3.23. The Balaban J connectivity index is 2.14.